The van der Waals surface area contributed by atoms with Crippen molar-refractivity contribution in [2.24, 2.45) is 0 Å². The van der Waals surface area contributed by atoms with Crippen molar-refractivity contribution in [3.05, 3.63) is 62.9 Å². The van der Waals surface area contributed by atoms with Crippen molar-refractivity contribution >= 4 is 10.8 Å². The minimum atomic E-state index is -1.37. The number of aryl methyl sites for hydroxylation is 1. The van der Waals surface area contributed by atoms with Crippen LogP contribution >= 0.6 is 0 Å². The van der Waals surface area contributed by atoms with Gasteiger partial charge in [0.25, 0.3) is 5.56 Å². The first-order chi connectivity index (χ1) is 11.5. The van der Waals surface area contributed by atoms with Gasteiger partial charge < -0.3 is 9.84 Å². The van der Waals surface area contributed by atoms with Crippen molar-refractivity contribution in [1.82, 2.24) is 9.55 Å². The summed E-state index contributed by atoms with van der Waals surface area (Å²) in [6.07, 6.45) is 0.407. The van der Waals surface area contributed by atoms with Crippen LogP contribution in [0.4, 0.5) is 0 Å². The molecule has 4 atom stereocenters. The number of aliphatic hydroxyl groups is 1. The lowest BCUT2D eigenvalue weighted by Gasteiger charge is -2.15. The fourth-order valence-corrected chi connectivity index (χ4v) is 4.33. The van der Waals surface area contributed by atoms with E-state index in [0.29, 0.717) is 16.9 Å². The molecule has 0 saturated carbocycles. The van der Waals surface area contributed by atoms with E-state index in [1.807, 2.05) is 6.07 Å². The topological polar surface area (TPSA) is 101 Å². The number of benzene rings is 1. The van der Waals surface area contributed by atoms with Crippen LogP contribution in [0.3, 0.4) is 0 Å². The Hall–Kier alpha value is -2.03. The Morgan fingerprint density at radius 2 is 2.04 bits per heavy atom. The molecule has 2 aromatic rings. The van der Waals surface area contributed by atoms with E-state index in [9.17, 15) is 18.9 Å². The first-order valence-electron chi connectivity index (χ1n) is 7.55. The number of aromatic amines is 1. The van der Waals surface area contributed by atoms with Crippen molar-refractivity contribution in [1.29, 1.82) is 0 Å². The van der Waals surface area contributed by atoms with Crippen molar-refractivity contribution in [2.45, 2.75) is 35.8 Å². The van der Waals surface area contributed by atoms with E-state index in [0.717, 1.165) is 0 Å². The first kappa shape index (κ1) is 16.8. The Bertz CT molecular complexity index is 861. The SMILES string of the molecule is Cc1cn(C2CC(S(=O)c3ccccc3)C(CO)O2)c(=O)[nH]c1=O. The average Bonchev–Trinajstić information content (AvgIpc) is 3.02. The number of aromatic nitrogens is 2. The molecule has 0 radical (unpaired) electrons. The molecular weight excluding hydrogens is 332 g/mol. The van der Waals surface area contributed by atoms with Crippen LogP contribution in [0.1, 0.15) is 18.2 Å². The molecule has 1 fully saturated rings. The lowest BCUT2D eigenvalue weighted by Crippen LogP contribution is -2.33. The van der Waals surface area contributed by atoms with Crippen molar-refractivity contribution in [3.8, 4) is 0 Å². The molecule has 0 spiro atoms. The summed E-state index contributed by atoms with van der Waals surface area (Å²) in [5, 5.41) is 9.12. The molecule has 1 aromatic heterocycles. The van der Waals surface area contributed by atoms with Crippen LogP contribution in [0.15, 0.2) is 51.0 Å². The lowest BCUT2D eigenvalue weighted by molar-refractivity contribution is -0.0240. The first-order valence-corrected chi connectivity index (χ1v) is 8.76. The van der Waals surface area contributed by atoms with E-state index >= 15 is 0 Å². The van der Waals surface area contributed by atoms with E-state index in [2.05, 4.69) is 4.98 Å². The van der Waals surface area contributed by atoms with E-state index in [-0.39, 0.29) is 6.61 Å². The van der Waals surface area contributed by atoms with Crippen molar-refractivity contribution < 1.29 is 14.1 Å². The number of ether oxygens (including phenoxy) is 1. The Morgan fingerprint density at radius 1 is 1.33 bits per heavy atom. The molecule has 2 N–H and O–H groups in total. The highest BCUT2D eigenvalue weighted by molar-refractivity contribution is 7.85. The fraction of sp³-hybridized carbons (Fsp3) is 0.375. The summed E-state index contributed by atoms with van der Waals surface area (Å²) in [6, 6.07) is 8.94. The average molecular weight is 350 g/mol. The maximum atomic E-state index is 12.8. The third-order valence-electron chi connectivity index (χ3n) is 4.07. The zero-order chi connectivity index (χ0) is 17.3. The fourth-order valence-electron chi connectivity index (χ4n) is 2.79. The standard InChI is InChI=1S/C16H18N2O5S/c1-10-8-18(16(21)17-15(10)20)14-7-13(12(9-19)23-14)24(22)11-5-3-2-4-6-11/h2-6,8,12-14,19H,7,9H2,1H3,(H,17,20,21). The van der Waals surface area contributed by atoms with E-state index in [1.54, 1.807) is 31.2 Å². The van der Waals surface area contributed by atoms with Gasteiger partial charge in [-0.25, -0.2) is 4.79 Å². The maximum Gasteiger partial charge on any atom is 0.330 e. The molecule has 1 saturated heterocycles. The molecule has 7 nitrogen and oxygen atoms in total. The van der Waals surface area contributed by atoms with Gasteiger partial charge in [-0.2, -0.15) is 0 Å². The third kappa shape index (κ3) is 3.12. The van der Waals surface area contributed by atoms with Gasteiger partial charge in [-0.15, -0.1) is 0 Å². The predicted octanol–water partition coefficient (Wildman–Crippen LogP) is 0.301. The normalized spacial score (nSPS) is 24.8. The lowest BCUT2D eigenvalue weighted by atomic mass is 10.2. The number of nitrogens with one attached hydrogen (secondary N) is 1. The molecule has 24 heavy (non-hydrogen) atoms. The minimum absolute atomic E-state index is 0.295. The highest BCUT2D eigenvalue weighted by Gasteiger charge is 2.40. The highest BCUT2D eigenvalue weighted by Crippen LogP contribution is 2.33. The van der Waals surface area contributed by atoms with Gasteiger partial charge in [-0.05, 0) is 19.1 Å². The molecule has 0 bridgehead atoms. The molecule has 2 heterocycles. The zero-order valence-corrected chi connectivity index (χ0v) is 13.9. The highest BCUT2D eigenvalue weighted by atomic mass is 32.2. The van der Waals surface area contributed by atoms with Crippen LogP contribution in [0.2, 0.25) is 0 Å². The summed E-state index contributed by atoms with van der Waals surface area (Å²) >= 11 is 0. The Balaban J connectivity index is 1.90. The van der Waals surface area contributed by atoms with Crippen LogP contribution in [0.25, 0.3) is 0 Å². The second-order valence-corrected chi connectivity index (χ2v) is 7.35. The van der Waals surface area contributed by atoms with Crippen molar-refractivity contribution in [3.63, 3.8) is 0 Å². The molecule has 0 aliphatic carbocycles. The summed E-state index contributed by atoms with van der Waals surface area (Å²) in [7, 11) is -1.37. The monoisotopic (exact) mass is 350 g/mol. The Morgan fingerprint density at radius 3 is 2.71 bits per heavy atom. The van der Waals surface area contributed by atoms with Gasteiger partial charge in [-0.3, -0.25) is 18.6 Å². The second kappa shape index (κ2) is 6.84. The minimum Gasteiger partial charge on any atom is -0.394 e. The number of rotatable bonds is 4. The maximum absolute atomic E-state index is 12.8. The molecule has 1 aliphatic heterocycles. The number of nitrogens with zero attached hydrogens (tertiary/aromatic N) is 1. The van der Waals surface area contributed by atoms with Gasteiger partial charge in [0.1, 0.15) is 6.23 Å². The van der Waals surface area contributed by atoms with Crippen LogP contribution < -0.4 is 11.2 Å². The van der Waals surface area contributed by atoms with Gasteiger partial charge in [0.15, 0.2) is 0 Å². The molecule has 0 amide bonds. The molecule has 3 rings (SSSR count). The zero-order valence-electron chi connectivity index (χ0n) is 13.0. The van der Waals surface area contributed by atoms with E-state index in [4.69, 9.17) is 4.74 Å². The van der Waals surface area contributed by atoms with Gasteiger partial charge in [0, 0.05) is 23.1 Å². The summed E-state index contributed by atoms with van der Waals surface area (Å²) in [4.78, 5) is 26.4. The third-order valence-corrected chi connectivity index (χ3v) is 5.85. The van der Waals surface area contributed by atoms with Gasteiger partial charge in [0.2, 0.25) is 0 Å². The largest absolute Gasteiger partial charge is 0.394 e. The molecule has 8 heteroatoms. The van der Waals surface area contributed by atoms with Gasteiger partial charge >= 0.3 is 5.69 Å². The molecule has 1 aromatic carbocycles. The van der Waals surface area contributed by atoms with Crippen LogP contribution in [-0.4, -0.2) is 36.8 Å². The number of aliphatic hydroxyl groups excluding tert-OH is 1. The summed E-state index contributed by atoms with van der Waals surface area (Å²) in [6.45, 7) is 1.30. The van der Waals surface area contributed by atoms with Crippen LogP contribution in [-0.2, 0) is 15.5 Å². The summed E-state index contributed by atoms with van der Waals surface area (Å²) in [5.41, 5.74) is -0.651. The Labute approximate surface area is 140 Å². The quantitative estimate of drug-likeness (QED) is 0.826. The smallest absolute Gasteiger partial charge is 0.330 e. The number of hydrogen-bond acceptors (Lipinski definition) is 5. The van der Waals surface area contributed by atoms with Gasteiger partial charge in [0.05, 0.1) is 28.8 Å². The summed E-state index contributed by atoms with van der Waals surface area (Å²) in [5.74, 6) is 0. The molecular formula is C16H18N2O5S. The molecule has 4 unspecified atom stereocenters. The van der Waals surface area contributed by atoms with Gasteiger partial charge in [-0.1, -0.05) is 18.2 Å². The Kier molecular flexibility index (Phi) is 4.79. The van der Waals surface area contributed by atoms with Crippen LogP contribution in [0.5, 0.6) is 0 Å². The predicted molar refractivity (Wildman–Crippen MR) is 88.3 cm³/mol. The molecule has 1 aliphatic rings. The summed E-state index contributed by atoms with van der Waals surface area (Å²) < 4.78 is 19.8. The number of hydrogen-bond donors (Lipinski definition) is 2. The molecule has 128 valence electrons. The van der Waals surface area contributed by atoms with E-state index < -0.39 is 39.6 Å². The number of H-pyrrole nitrogens is 1. The van der Waals surface area contributed by atoms with Crippen molar-refractivity contribution in [2.75, 3.05) is 6.61 Å². The van der Waals surface area contributed by atoms with E-state index in [1.165, 1.54) is 10.8 Å². The second-order valence-electron chi connectivity index (χ2n) is 5.68. The van der Waals surface area contributed by atoms with Crippen LogP contribution in [0, 0.1) is 6.92 Å².